The van der Waals surface area contributed by atoms with Crippen molar-refractivity contribution < 1.29 is 27.5 Å². The van der Waals surface area contributed by atoms with Crippen LogP contribution in [0.15, 0.2) is 30.3 Å². The Bertz CT molecular complexity index is 613. The molecule has 0 saturated carbocycles. The van der Waals surface area contributed by atoms with Crippen LogP contribution in [0.4, 0.5) is 13.2 Å². The molecule has 0 radical (unpaired) electrons. The van der Waals surface area contributed by atoms with E-state index in [0.717, 1.165) is 18.2 Å². The molecule has 1 aromatic rings. The molecule has 0 bridgehead atoms. The van der Waals surface area contributed by atoms with Crippen molar-refractivity contribution in [1.82, 2.24) is 5.32 Å². The van der Waals surface area contributed by atoms with E-state index in [4.69, 9.17) is 4.74 Å². The maximum Gasteiger partial charge on any atom is 0.416 e. The van der Waals surface area contributed by atoms with Crippen LogP contribution in [0.3, 0.4) is 0 Å². The monoisotopic (exact) mass is 343 g/mol. The van der Waals surface area contributed by atoms with Gasteiger partial charge in [-0.2, -0.15) is 13.2 Å². The summed E-state index contributed by atoms with van der Waals surface area (Å²) in [5, 5.41) is 2.67. The average Bonchev–Trinajstić information content (AvgIpc) is 2.42. The van der Waals surface area contributed by atoms with Crippen molar-refractivity contribution in [3.8, 4) is 0 Å². The second kappa shape index (κ2) is 7.51. The van der Waals surface area contributed by atoms with Crippen molar-refractivity contribution >= 4 is 18.0 Å². The maximum atomic E-state index is 12.4. The topological polar surface area (TPSA) is 55.4 Å². The first-order valence-electron chi connectivity index (χ1n) is 7.26. The van der Waals surface area contributed by atoms with E-state index in [1.54, 1.807) is 20.8 Å². The Balaban J connectivity index is 2.61. The first-order valence-corrected chi connectivity index (χ1v) is 7.26. The maximum absolute atomic E-state index is 12.4. The van der Waals surface area contributed by atoms with Crippen LogP contribution in [0.1, 0.15) is 38.8 Å². The number of halogens is 3. The quantitative estimate of drug-likeness (QED) is 0.672. The molecule has 7 heteroatoms. The van der Waals surface area contributed by atoms with Crippen LogP contribution < -0.4 is 5.32 Å². The number of hydrogen-bond acceptors (Lipinski definition) is 3. The lowest BCUT2D eigenvalue weighted by molar-refractivity contribution is -0.150. The summed E-state index contributed by atoms with van der Waals surface area (Å²) in [4.78, 5) is 23.4. The molecule has 0 aromatic heterocycles. The zero-order valence-corrected chi connectivity index (χ0v) is 13.9. The van der Waals surface area contributed by atoms with Crippen molar-refractivity contribution in [3.63, 3.8) is 0 Å². The van der Waals surface area contributed by atoms with Gasteiger partial charge in [-0.1, -0.05) is 12.1 Å². The van der Waals surface area contributed by atoms with Crippen molar-refractivity contribution in [2.45, 2.75) is 45.5 Å². The molecule has 4 nitrogen and oxygen atoms in total. The van der Waals surface area contributed by atoms with Gasteiger partial charge in [0.1, 0.15) is 0 Å². The van der Waals surface area contributed by atoms with E-state index in [0.29, 0.717) is 5.56 Å². The van der Waals surface area contributed by atoms with Gasteiger partial charge in [0.2, 0.25) is 0 Å². The molecule has 0 aliphatic heterocycles. The van der Waals surface area contributed by atoms with Crippen molar-refractivity contribution in [3.05, 3.63) is 41.5 Å². The molecule has 0 spiro atoms. The van der Waals surface area contributed by atoms with Crippen molar-refractivity contribution in [2.24, 2.45) is 0 Å². The first-order chi connectivity index (χ1) is 10.9. The van der Waals surface area contributed by atoms with Gasteiger partial charge in [-0.3, -0.25) is 4.79 Å². The Morgan fingerprint density at radius 1 is 1.12 bits per heavy atom. The lowest BCUT2D eigenvalue weighted by atomic mass is 10.1. The molecule has 24 heavy (non-hydrogen) atoms. The third-order valence-corrected chi connectivity index (χ3v) is 2.81. The zero-order valence-electron chi connectivity index (χ0n) is 13.9. The molecule has 0 heterocycles. The minimum atomic E-state index is -4.41. The number of carbonyl (C=O) groups excluding carboxylic acids is 2. The van der Waals surface area contributed by atoms with Crippen LogP contribution in [0, 0.1) is 0 Å². The summed E-state index contributed by atoms with van der Waals surface area (Å²) in [6.07, 6.45) is -3.01. The fraction of sp³-hybridized carbons (Fsp3) is 0.412. The molecule has 0 aliphatic rings. The number of carbonyl (C=O) groups is 2. The standard InChI is InChI=1S/C17H20F3NO3/c1-11(15(23)21-16(2,3)4)24-14(22)10-7-12-5-8-13(9-6-12)17(18,19)20/h5-11H,1-4H3,(H,21,23)/b10-7+/t11-/m0/s1. The SMILES string of the molecule is C[C@H](OC(=O)/C=C/c1ccc(C(F)(F)F)cc1)C(=O)NC(C)(C)C. The van der Waals surface area contributed by atoms with Gasteiger partial charge in [0, 0.05) is 11.6 Å². The van der Waals surface area contributed by atoms with Gasteiger partial charge in [-0.05, 0) is 51.5 Å². The van der Waals surface area contributed by atoms with Crippen LogP contribution in [-0.2, 0) is 20.5 Å². The molecular weight excluding hydrogens is 323 g/mol. The second-order valence-corrected chi connectivity index (χ2v) is 6.27. The van der Waals surface area contributed by atoms with E-state index in [2.05, 4.69) is 5.32 Å². The number of hydrogen-bond donors (Lipinski definition) is 1. The van der Waals surface area contributed by atoms with Gasteiger partial charge in [0.15, 0.2) is 6.10 Å². The number of rotatable bonds is 4. The molecule has 0 fully saturated rings. The molecule has 1 amide bonds. The smallest absolute Gasteiger partial charge is 0.416 e. The largest absolute Gasteiger partial charge is 0.449 e. The predicted octanol–water partition coefficient (Wildman–Crippen LogP) is 3.57. The summed E-state index contributed by atoms with van der Waals surface area (Å²) in [6.45, 7) is 6.82. The Morgan fingerprint density at radius 3 is 2.12 bits per heavy atom. The van der Waals surface area contributed by atoms with Crippen LogP contribution >= 0.6 is 0 Å². The van der Waals surface area contributed by atoms with Crippen LogP contribution in [0.5, 0.6) is 0 Å². The summed E-state index contributed by atoms with van der Waals surface area (Å²) in [5.74, 6) is -1.19. The lowest BCUT2D eigenvalue weighted by Crippen LogP contribution is -2.46. The molecular formula is C17H20F3NO3. The molecule has 1 atom stereocenters. The van der Waals surface area contributed by atoms with E-state index in [-0.39, 0.29) is 0 Å². The van der Waals surface area contributed by atoms with Gasteiger partial charge >= 0.3 is 12.1 Å². The first kappa shape index (κ1) is 19.7. The van der Waals surface area contributed by atoms with E-state index >= 15 is 0 Å². The van der Waals surface area contributed by atoms with E-state index in [1.807, 2.05) is 0 Å². The predicted molar refractivity (Wildman–Crippen MR) is 83.9 cm³/mol. The molecule has 1 N–H and O–H groups in total. The fourth-order valence-electron chi connectivity index (χ4n) is 1.69. The van der Waals surface area contributed by atoms with E-state index < -0.39 is 35.3 Å². The number of amides is 1. The second-order valence-electron chi connectivity index (χ2n) is 6.27. The number of esters is 1. The zero-order chi connectivity index (χ0) is 18.5. The molecule has 0 unspecified atom stereocenters. The highest BCUT2D eigenvalue weighted by molar-refractivity contribution is 5.90. The Labute approximate surface area is 138 Å². The van der Waals surface area contributed by atoms with Gasteiger partial charge in [0.25, 0.3) is 5.91 Å². The summed E-state index contributed by atoms with van der Waals surface area (Å²) in [5.41, 5.74) is -0.810. The summed E-state index contributed by atoms with van der Waals surface area (Å²) in [7, 11) is 0. The molecule has 1 aromatic carbocycles. The third kappa shape index (κ3) is 6.85. The summed E-state index contributed by atoms with van der Waals surface area (Å²) in [6, 6.07) is 4.32. The van der Waals surface area contributed by atoms with Crippen LogP contribution in [0.25, 0.3) is 6.08 Å². The minimum absolute atomic E-state index is 0.409. The van der Waals surface area contributed by atoms with Crippen LogP contribution in [0.2, 0.25) is 0 Å². The van der Waals surface area contributed by atoms with E-state index in [9.17, 15) is 22.8 Å². The van der Waals surface area contributed by atoms with Gasteiger partial charge in [-0.25, -0.2) is 4.79 Å². The number of benzene rings is 1. The normalized spacial score (nSPS) is 13.6. The average molecular weight is 343 g/mol. The summed E-state index contributed by atoms with van der Waals surface area (Å²) >= 11 is 0. The Kier molecular flexibility index (Phi) is 6.17. The number of ether oxygens (including phenoxy) is 1. The van der Waals surface area contributed by atoms with Crippen LogP contribution in [-0.4, -0.2) is 23.5 Å². The molecule has 0 saturated heterocycles. The lowest BCUT2D eigenvalue weighted by Gasteiger charge is -2.22. The van der Waals surface area contributed by atoms with Crippen molar-refractivity contribution in [2.75, 3.05) is 0 Å². The number of alkyl halides is 3. The van der Waals surface area contributed by atoms with Gasteiger partial charge in [0.05, 0.1) is 5.56 Å². The molecule has 1 rings (SSSR count). The molecule has 132 valence electrons. The number of nitrogens with one attached hydrogen (secondary N) is 1. The van der Waals surface area contributed by atoms with Crippen molar-refractivity contribution in [1.29, 1.82) is 0 Å². The minimum Gasteiger partial charge on any atom is -0.449 e. The molecule has 0 aliphatic carbocycles. The van der Waals surface area contributed by atoms with E-state index in [1.165, 1.54) is 25.1 Å². The van der Waals surface area contributed by atoms with Gasteiger partial charge < -0.3 is 10.1 Å². The van der Waals surface area contributed by atoms with Gasteiger partial charge in [-0.15, -0.1) is 0 Å². The highest BCUT2D eigenvalue weighted by Crippen LogP contribution is 2.29. The summed E-state index contributed by atoms with van der Waals surface area (Å²) < 4.78 is 42.3. The highest BCUT2D eigenvalue weighted by Gasteiger charge is 2.29. The highest BCUT2D eigenvalue weighted by atomic mass is 19.4. The fourth-order valence-corrected chi connectivity index (χ4v) is 1.69. The Hall–Kier alpha value is -2.31. The Morgan fingerprint density at radius 2 is 1.67 bits per heavy atom. The third-order valence-electron chi connectivity index (χ3n) is 2.81.